The first-order valence-corrected chi connectivity index (χ1v) is 8.58. The first-order chi connectivity index (χ1) is 13.6. The van der Waals surface area contributed by atoms with Crippen molar-refractivity contribution in [1.29, 1.82) is 0 Å². The first-order valence-electron chi connectivity index (χ1n) is 8.58. The Kier molecular flexibility index (Phi) is 6.21. The number of aryl methyl sites for hydroxylation is 1. The third-order valence-corrected chi connectivity index (χ3v) is 4.05. The highest BCUT2D eigenvalue weighted by Gasteiger charge is 2.15. The third-order valence-electron chi connectivity index (χ3n) is 4.05. The van der Waals surface area contributed by atoms with E-state index in [1.165, 1.54) is 0 Å². The van der Waals surface area contributed by atoms with Gasteiger partial charge in [0, 0.05) is 12.5 Å². The Morgan fingerprint density at radius 2 is 1.79 bits per heavy atom. The molecule has 0 N–H and O–H groups in total. The zero-order valence-corrected chi connectivity index (χ0v) is 15.9. The van der Waals surface area contributed by atoms with E-state index in [-0.39, 0.29) is 19.0 Å². The van der Waals surface area contributed by atoms with Gasteiger partial charge in [0.1, 0.15) is 12.3 Å². The van der Waals surface area contributed by atoms with Gasteiger partial charge < -0.3 is 27.9 Å². The lowest BCUT2D eigenvalue weighted by Gasteiger charge is -2.14. The van der Waals surface area contributed by atoms with Gasteiger partial charge in [0.25, 0.3) is 0 Å². The molecule has 0 spiro atoms. The van der Waals surface area contributed by atoms with Gasteiger partial charge in [0.05, 0.1) is 27.6 Å². The molecule has 0 aliphatic rings. The number of nitrogens with zero attached hydrogens (tertiary/aromatic N) is 1. The molecule has 0 saturated carbocycles. The topological polar surface area (TPSA) is 93.2 Å². The van der Waals surface area contributed by atoms with Crippen LogP contribution >= 0.6 is 0 Å². The van der Waals surface area contributed by atoms with Crippen LogP contribution in [-0.4, -0.2) is 32.5 Å². The van der Waals surface area contributed by atoms with Crippen molar-refractivity contribution in [3.05, 3.63) is 47.9 Å². The van der Waals surface area contributed by atoms with E-state index < -0.39 is 0 Å². The number of esters is 1. The predicted octanol–water partition coefficient (Wildman–Crippen LogP) is 3.64. The summed E-state index contributed by atoms with van der Waals surface area (Å²) in [5.74, 6) is 2.28. The molecule has 0 aliphatic carbocycles. The summed E-state index contributed by atoms with van der Waals surface area (Å²) in [6.07, 6.45) is 2.20. The summed E-state index contributed by atoms with van der Waals surface area (Å²) in [5, 5.41) is 3.87. The molecule has 0 aliphatic heterocycles. The van der Waals surface area contributed by atoms with Crippen LogP contribution in [0.15, 0.2) is 45.5 Å². The van der Waals surface area contributed by atoms with Crippen LogP contribution in [0.4, 0.5) is 0 Å². The molecule has 0 radical (unpaired) electrons. The molecule has 148 valence electrons. The van der Waals surface area contributed by atoms with Crippen LogP contribution in [0.3, 0.4) is 0 Å². The number of aromatic nitrogens is 1. The van der Waals surface area contributed by atoms with Gasteiger partial charge in [-0.3, -0.25) is 4.79 Å². The van der Waals surface area contributed by atoms with Gasteiger partial charge in [-0.05, 0) is 36.2 Å². The molecule has 2 heterocycles. The van der Waals surface area contributed by atoms with Crippen molar-refractivity contribution in [1.82, 2.24) is 5.16 Å². The largest absolute Gasteiger partial charge is 0.493 e. The molecular formula is C20H21NO7. The zero-order chi connectivity index (χ0) is 19.9. The molecule has 28 heavy (non-hydrogen) atoms. The fourth-order valence-corrected chi connectivity index (χ4v) is 2.67. The Hall–Kier alpha value is -3.42. The summed E-state index contributed by atoms with van der Waals surface area (Å²) in [6.45, 7) is 0.0261. The summed E-state index contributed by atoms with van der Waals surface area (Å²) >= 11 is 0. The Morgan fingerprint density at radius 3 is 2.39 bits per heavy atom. The maximum Gasteiger partial charge on any atom is 0.306 e. The lowest BCUT2D eigenvalue weighted by molar-refractivity contribution is -0.145. The lowest BCUT2D eigenvalue weighted by Crippen LogP contribution is -2.06. The average molecular weight is 387 g/mol. The number of carbonyl (C=O) groups is 1. The van der Waals surface area contributed by atoms with Crippen LogP contribution in [0.2, 0.25) is 0 Å². The maximum absolute atomic E-state index is 12.1. The summed E-state index contributed by atoms with van der Waals surface area (Å²) in [5.41, 5.74) is 1.38. The molecule has 0 amide bonds. The monoisotopic (exact) mass is 387 g/mol. The molecule has 3 aromatic rings. The molecule has 2 aromatic heterocycles. The highest BCUT2D eigenvalue weighted by molar-refractivity contribution is 5.70. The van der Waals surface area contributed by atoms with E-state index in [0.717, 1.165) is 5.56 Å². The first kappa shape index (κ1) is 19.3. The second-order valence-electron chi connectivity index (χ2n) is 5.85. The average Bonchev–Trinajstić information content (AvgIpc) is 3.41. The Labute approximate surface area is 161 Å². The summed E-state index contributed by atoms with van der Waals surface area (Å²) in [7, 11) is 4.63. The summed E-state index contributed by atoms with van der Waals surface area (Å²) in [4.78, 5) is 12.1. The van der Waals surface area contributed by atoms with Crippen molar-refractivity contribution in [2.75, 3.05) is 21.3 Å². The van der Waals surface area contributed by atoms with Gasteiger partial charge in [-0.1, -0.05) is 5.16 Å². The molecule has 0 bridgehead atoms. The van der Waals surface area contributed by atoms with Crippen molar-refractivity contribution in [3.8, 4) is 28.8 Å². The standard InChI is InChI=1S/C20H21NO7/c1-23-17-9-13(10-18(24-2)20(17)25-3)6-7-19(22)27-12-14-11-16(28-21-14)15-5-4-8-26-15/h4-5,8-11H,6-7,12H2,1-3H3. The van der Waals surface area contributed by atoms with Gasteiger partial charge >= 0.3 is 5.97 Å². The highest BCUT2D eigenvalue weighted by atomic mass is 16.5. The molecule has 3 rings (SSSR count). The fourth-order valence-electron chi connectivity index (χ4n) is 2.67. The Morgan fingerprint density at radius 1 is 1.04 bits per heavy atom. The molecule has 8 heteroatoms. The van der Waals surface area contributed by atoms with Crippen molar-refractivity contribution in [2.24, 2.45) is 0 Å². The van der Waals surface area contributed by atoms with E-state index in [2.05, 4.69) is 5.16 Å². The minimum atomic E-state index is -0.351. The lowest BCUT2D eigenvalue weighted by atomic mass is 10.1. The van der Waals surface area contributed by atoms with Gasteiger partial charge in [-0.25, -0.2) is 0 Å². The van der Waals surface area contributed by atoms with E-state index in [9.17, 15) is 4.79 Å². The van der Waals surface area contributed by atoms with Crippen molar-refractivity contribution >= 4 is 5.97 Å². The molecule has 0 saturated heterocycles. The molecule has 1 aromatic carbocycles. The molecule has 0 fully saturated rings. The van der Waals surface area contributed by atoms with Crippen LogP contribution in [0.5, 0.6) is 17.2 Å². The van der Waals surface area contributed by atoms with Gasteiger partial charge in [-0.2, -0.15) is 0 Å². The minimum absolute atomic E-state index is 0.0261. The maximum atomic E-state index is 12.1. The van der Waals surface area contributed by atoms with Crippen LogP contribution in [-0.2, 0) is 22.6 Å². The summed E-state index contributed by atoms with van der Waals surface area (Å²) < 4.78 is 31.6. The number of methoxy groups -OCH3 is 3. The molecule has 8 nitrogen and oxygen atoms in total. The SMILES string of the molecule is COc1cc(CCC(=O)OCc2cc(-c3ccco3)on2)cc(OC)c1OC. The van der Waals surface area contributed by atoms with Crippen LogP contribution in [0.25, 0.3) is 11.5 Å². The van der Waals surface area contributed by atoms with Gasteiger partial charge in [0.2, 0.25) is 11.5 Å². The minimum Gasteiger partial charge on any atom is -0.493 e. The number of hydrogen-bond donors (Lipinski definition) is 0. The smallest absolute Gasteiger partial charge is 0.306 e. The second kappa shape index (κ2) is 8.98. The second-order valence-corrected chi connectivity index (χ2v) is 5.85. The molecule has 0 unspecified atom stereocenters. The normalized spacial score (nSPS) is 10.5. The third kappa shape index (κ3) is 4.46. The van der Waals surface area contributed by atoms with Gasteiger partial charge in [0.15, 0.2) is 17.3 Å². The van der Waals surface area contributed by atoms with Crippen molar-refractivity contribution in [2.45, 2.75) is 19.4 Å². The Balaban J connectivity index is 1.54. The Bertz CT molecular complexity index is 890. The predicted molar refractivity (Wildman–Crippen MR) is 98.4 cm³/mol. The van der Waals surface area contributed by atoms with Crippen LogP contribution in [0.1, 0.15) is 17.7 Å². The van der Waals surface area contributed by atoms with Crippen LogP contribution in [0, 0.1) is 0 Å². The molecule has 0 atom stereocenters. The van der Waals surface area contributed by atoms with E-state index in [4.69, 9.17) is 27.9 Å². The quantitative estimate of drug-likeness (QED) is 0.514. The number of carbonyl (C=O) groups excluding carboxylic acids is 1. The van der Waals surface area contributed by atoms with E-state index in [1.807, 2.05) is 12.1 Å². The van der Waals surface area contributed by atoms with Crippen molar-refractivity contribution in [3.63, 3.8) is 0 Å². The summed E-state index contributed by atoms with van der Waals surface area (Å²) in [6, 6.07) is 8.80. The fraction of sp³-hybridized carbons (Fsp3) is 0.300. The van der Waals surface area contributed by atoms with Crippen molar-refractivity contribution < 1.29 is 32.7 Å². The van der Waals surface area contributed by atoms with E-state index in [1.54, 1.807) is 45.8 Å². The van der Waals surface area contributed by atoms with E-state index >= 15 is 0 Å². The van der Waals surface area contributed by atoms with E-state index in [0.29, 0.717) is 40.9 Å². The highest BCUT2D eigenvalue weighted by Crippen LogP contribution is 2.38. The van der Waals surface area contributed by atoms with Crippen LogP contribution < -0.4 is 14.2 Å². The molecular weight excluding hydrogens is 366 g/mol. The zero-order valence-electron chi connectivity index (χ0n) is 15.9. The number of benzene rings is 1. The number of furan rings is 1. The number of rotatable bonds is 9. The number of ether oxygens (including phenoxy) is 4. The number of hydrogen-bond acceptors (Lipinski definition) is 8. The van der Waals surface area contributed by atoms with Gasteiger partial charge in [-0.15, -0.1) is 0 Å².